The molecule has 1 atom stereocenters. The van der Waals surface area contributed by atoms with E-state index in [1.165, 1.54) is 17.7 Å². The Hall–Kier alpha value is -3.40. The van der Waals surface area contributed by atoms with Crippen LogP contribution in [-0.2, 0) is 11.2 Å². The van der Waals surface area contributed by atoms with Gasteiger partial charge >= 0.3 is 0 Å². The second-order valence-electron chi connectivity index (χ2n) is 7.18. The standard InChI is InChI=1S/C25H23FN2O/c26-20-12-10-19(11-13-20)22(23-17-28-24-9-5-4-8-21(23)24)16-25(29)27-15-14-18-6-2-1-3-7-18/h1-13,17,22,28H,14-16H2,(H,27,29). The average Bonchev–Trinajstić information content (AvgIpc) is 3.17. The Morgan fingerprint density at radius 1 is 0.931 bits per heavy atom. The molecule has 29 heavy (non-hydrogen) atoms. The van der Waals surface area contributed by atoms with Crippen LogP contribution in [0.1, 0.15) is 29.0 Å². The lowest BCUT2D eigenvalue weighted by Crippen LogP contribution is -2.27. The summed E-state index contributed by atoms with van der Waals surface area (Å²) in [4.78, 5) is 16.0. The number of para-hydroxylation sites is 1. The summed E-state index contributed by atoms with van der Waals surface area (Å²) in [6.45, 7) is 0.590. The Kier molecular flexibility index (Phi) is 5.71. The van der Waals surface area contributed by atoms with Crippen molar-refractivity contribution < 1.29 is 9.18 Å². The lowest BCUT2D eigenvalue weighted by atomic mass is 9.88. The molecule has 1 aromatic heterocycles. The zero-order valence-electron chi connectivity index (χ0n) is 16.1. The maximum atomic E-state index is 13.5. The molecule has 0 saturated heterocycles. The van der Waals surface area contributed by atoms with Gasteiger partial charge in [0.25, 0.3) is 0 Å². The molecule has 1 heterocycles. The number of nitrogens with one attached hydrogen (secondary N) is 2. The maximum absolute atomic E-state index is 13.5. The van der Waals surface area contributed by atoms with E-state index in [0.29, 0.717) is 13.0 Å². The minimum absolute atomic E-state index is 0.0134. The van der Waals surface area contributed by atoms with Crippen LogP contribution in [-0.4, -0.2) is 17.4 Å². The fourth-order valence-electron chi connectivity index (χ4n) is 3.73. The first-order valence-corrected chi connectivity index (χ1v) is 9.83. The molecule has 146 valence electrons. The molecule has 4 aromatic rings. The Morgan fingerprint density at radius 2 is 1.66 bits per heavy atom. The van der Waals surface area contributed by atoms with E-state index in [1.54, 1.807) is 12.1 Å². The zero-order valence-corrected chi connectivity index (χ0v) is 16.1. The monoisotopic (exact) mass is 386 g/mol. The van der Waals surface area contributed by atoms with Crippen molar-refractivity contribution in [3.05, 3.63) is 108 Å². The van der Waals surface area contributed by atoms with E-state index in [9.17, 15) is 9.18 Å². The summed E-state index contributed by atoms with van der Waals surface area (Å²) in [5.41, 5.74) is 4.19. The minimum atomic E-state index is -0.279. The number of amides is 1. The van der Waals surface area contributed by atoms with E-state index in [1.807, 2.05) is 48.7 Å². The van der Waals surface area contributed by atoms with Gasteiger partial charge in [0.2, 0.25) is 5.91 Å². The first kappa shape index (κ1) is 18.9. The van der Waals surface area contributed by atoms with E-state index in [2.05, 4.69) is 22.4 Å². The summed E-state index contributed by atoms with van der Waals surface area (Å²) in [5, 5.41) is 4.11. The highest BCUT2D eigenvalue weighted by molar-refractivity contribution is 5.86. The third kappa shape index (κ3) is 4.54. The lowest BCUT2D eigenvalue weighted by molar-refractivity contribution is -0.121. The number of rotatable bonds is 7. The van der Waals surface area contributed by atoms with Crippen LogP contribution in [0.3, 0.4) is 0 Å². The third-order valence-corrected chi connectivity index (χ3v) is 5.24. The number of aromatic nitrogens is 1. The van der Waals surface area contributed by atoms with Gasteiger partial charge < -0.3 is 10.3 Å². The third-order valence-electron chi connectivity index (χ3n) is 5.24. The van der Waals surface area contributed by atoms with Gasteiger partial charge in [-0.05, 0) is 41.3 Å². The Morgan fingerprint density at radius 3 is 2.45 bits per heavy atom. The van der Waals surface area contributed by atoms with Crippen molar-refractivity contribution in [2.24, 2.45) is 0 Å². The van der Waals surface area contributed by atoms with Gasteiger partial charge in [-0.1, -0.05) is 60.7 Å². The molecule has 3 aromatic carbocycles. The molecular formula is C25H23FN2O. The number of benzene rings is 3. The van der Waals surface area contributed by atoms with Crippen molar-refractivity contribution in [2.75, 3.05) is 6.54 Å². The molecule has 4 rings (SSSR count). The largest absolute Gasteiger partial charge is 0.361 e. The van der Waals surface area contributed by atoms with Crippen molar-refractivity contribution in [1.29, 1.82) is 0 Å². The van der Waals surface area contributed by atoms with E-state index < -0.39 is 0 Å². The fourth-order valence-corrected chi connectivity index (χ4v) is 3.73. The van der Waals surface area contributed by atoms with Crippen LogP contribution in [0.25, 0.3) is 10.9 Å². The van der Waals surface area contributed by atoms with Gasteiger partial charge in [-0.2, -0.15) is 0 Å². The molecule has 0 saturated carbocycles. The van der Waals surface area contributed by atoms with Crippen LogP contribution in [0.4, 0.5) is 4.39 Å². The first-order chi connectivity index (χ1) is 14.2. The number of carbonyl (C=O) groups is 1. The summed E-state index contributed by atoms with van der Waals surface area (Å²) in [6.07, 6.45) is 3.05. The van der Waals surface area contributed by atoms with Crippen molar-refractivity contribution in [3.8, 4) is 0 Å². The molecule has 3 nitrogen and oxygen atoms in total. The second kappa shape index (κ2) is 8.74. The second-order valence-corrected chi connectivity index (χ2v) is 7.18. The summed E-state index contributed by atoms with van der Waals surface area (Å²) >= 11 is 0. The summed E-state index contributed by atoms with van der Waals surface area (Å²) in [6, 6.07) is 24.5. The number of hydrogen-bond acceptors (Lipinski definition) is 1. The molecule has 2 N–H and O–H groups in total. The molecule has 0 bridgehead atoms. The summed E-state index contributed by atoms with van der Waals surface area (Å²) in [5.74, 6) is -0.442. The lowest BCUT2D eigenvalue weighted by Gasteiger charge is -2.17. The molecule has 0 spiro atoms. The first-order valence-electron chi connectivity index (χ1n) is 9.83. The van der Waals surface area contributed by atoms with E-state index in [0.717, 1.165) is 28.5 Å². The van der Waals surface area contributed by atoms with Crippen molar-refractivity contribution >= 4 is 16.8 Å². The molecule has 1 amide bonds. The highest BCUT2D eigenvalue weighted by atomic mass is 19.1. The van der Waals surface area contributed by atoms with Crippen LogP contribution in [0.5, 0.6) is 0 Å². The number of halogens is 1. The highest BCUT2D eigenvalue weighted by Crippen LogP contribution is 2.33. The van der Waals surface area contributed by atoms with Crippen LogP contribution in [0.15, 0.2) is 85.1 Å². The Bertz CT molecular complexity index is 1090. The molecule has 4 heteroatoms. The van der Waals surface area contributed by atoms with Crippen molar-refractivity contribution in [3.63, 3.8) is 0 Å². The van der Waals surface area contributed by atoms with Crippen LogP contribution in [0.2, 0.25) is 0 Å². The number of aromatic amines is 1. The number of H-pyrrole nitrogens is 1. The fraction of sp³-hybridized carbons (Fsp3) is 0.160. The van der Waals surface area contributed by atoms with E-state index in [4.69, 9.17) is 0 Å². The molecule has 0 aliphatic rings. The van der Waals surface area contributed by atoms with Crippen molar-refractivity contribution in [2.45, 2.75) is 18.8 Å². The minimum Gasteiger partial charge on any atom is -0.361 e. The smallest absolute Gasteiger partial charge is 0.220 e. The van der Waals surface area contributed by atoms with E-state index in [-0.39, 0.29) is 17.6 Å². The predicted octanol–water partition coefficient (Wildman–Crippen LogP) is 5.19. The SMILES string of the molecule is O=C(CC(c1ccc(F)cc1)c1c[nH]c2ccccc12)NCCc1ccccc1. The quantitative estimate of drug-likeness (QED) is 0.451. The molecule has 0 aliphatic carbocycles. The van der Waals surface area contributed by atoms with Gasteiger partial charge in [0.15, 0.2) is 0 Å². The number of fused-ring (bicyclic) bond motifs is 1. The van der Waals surface area contributed by atoms with Crippen LogP contribution >= 0.6 is 0 Å². The topological polar surface area (TPSA) is 44.9 Å². The summed E-state index contributed by atoms with van der Waals surface area (Å²) in [7, 11) is 0. The maximum Gasteiger partial charge on any atom is 0.220 e. The van der Waals surface area contributed by atoms with Crippen molar-refractivity contribution in [1.82, 2.24) is 10.3 Å². The predicted molar refractivity (Wildman–Crippen MR) is 114 cm³/mol. The van der Waals surface area contributed by atoms with Gasteiger partial charge in [-0.3, -0.25) is 4.79 Å². The van der Waals surface area contributed by atoms with E-state index >= 15 is 0 Å². The Balaban J connectivity index is 1.52. The van der Waals surface area contributed by atoms with Gasteiger partial charge in [0.05, 0.1) is 0 Å². The summed E-state index contributed by atoms with van der Waals surface area (Å²) < 4.78 is 13.5. The van der Waals surface area contributed by atoms with Gasteiger partial charge in [-0.25, -0.2) is 4.39 Å². The normalized spacial score (nSPS) is 12.0. The molecule has 0 radical (unpaired) electrons. The average molecular weight is 386 g/mol. The zero-order chi connectivity index (χ0) is 20.1. The Labute approximate surface area is 169 Å². The highest BCUT2D eigenvalue weighted by Gasteiger charge is 2.21. The van der Waals surface area contributed by atoms with Gasteiger partial charge in [-0.15, -0.1) is 0 Å². The van der Waals surface area contributed by atoms with Crippen LogP contribution in [0, 0.1) is 5.82 Å². The van der Waals surface area contributed by atoms with Gasteiger partial charge in [0, 0.05) is 36.0 Å². The molecule has 1 unspecified atom stereocenters. The van der Waals surface area contributed by atoms with Gasteiger partial charge in [0.1, 0.15) is 5.82 Å². The van der Waals surface area contributed by atoms with Crippen LogP contribution < -0.4 is 5.32 Å². The molecular weight excluding hydrogens is 363 g/mol. The number of carbonyl (C=O) groups excluding carboxylic acids is 1. The number of hydrogen-bond donors (Lipinski definition) is 2. The molecule has 0 aliphatic heterocycles. The molecule has 0 fully saturated rings.